The van der Waals surface area contributed by atoms with Crippen LogP contribution in [0.2, 0.25) is 0 Å². The van der Waals surface area contributed by atoms with Crippen LogP contribution >= 0.6 is 0 Å². The van der Waals surface area contributed by atoms with Crippen LogP contribution in [0.1, 0.15) is 36.1 Å². The first kappa shape index (κ1) is 29.1. The first-order valence-electron chi connectivity index (χ1n) is 13.3. The summed E-state index contributed by atoms with van der Waals surface area (Å²) in [5.41, 5.74) is 1.79. The molecule has 2 aliphatic heterocycles. The fourth-order valence-electron chi connectivity index (χ4n) is 5.33. The number of β-lactam (4-membered cyclic amide) rings is 1. The predicted molar refractivity (Wildman–Crippen MR) is 142 cm³/mol. The zero-order valence-corrected chi connectivity index (χ0v) is 21.8. The molecule has 41 heavy (non-hydrogen) atoms. The summed E-state index contributed by atoms with van der Waals surface area (Å²) < 4.78 is 37.9. The summed E-state index contributed by atoms with van der Waals surface area (Å²) in [5.74, 6) is -1.27. The minimum absolute atomic E-state index is 0.186. The van der Waals surface area contributed by atoms with Gasteiger partial charge in [-0.2, -0.15) is 0 Å². The Balaban J connectivity index is 1.33. The molecule has 2 saturated heterocycles. The fraction of sp³-hybridized carbons (Fsp3) is 0.367. The number of ether oxygens (including phenoxy) is 2. The number of carbonyl (C=O) groups is 1. The summed E-state index contributed by atoms with van der Waals surface area (Å²) in [6, 6.07) is 17.3. The molecule has 2 fully saturated rings. The van der Waals surface area contributed by atoms with E-state index in [2.05, 4.69) is 0 Å². The summed E-state index contributed by atoms with van der Waals surface area (Å²) >= 11 is 0. The Bertz CT molecular complexity index is 1320. The number of halogens is 2. The van der Waals surface area contributed by atoms with Crippen molar-refractivity contribution in [3.63, 3.8) is 0 Å². The average molecular weight is 572 g/mol. The van der Waals surface area contributed by atoms with Crippen molar-refractivity contribution in [1.29, 1.82) is 0 Å². The van der Waals surface area contributed by atoms with Crippen molar-refractivity contribution in [2.45, 2.75) is 55.7 Å². The van der Waals surface area contributed by atoms with Crippen molar-refractivity contribution in [2.75, 3.05) is 11.5 Å². The van der Waals surface area contributed by atoms with E-state index in [0.717, 1.165) is 5.56 Å². The number of amides is 1. The van der Waals surface area contributed by atoms with Gasteiger partial charge < -0.3 is 39.9 Å². The molecule has 218 valence electrons. The normalized spacial score (nSPS) is 28.7. The van der Waals surface area contributed by atoms with Gasteiger partial charge in [-0.15, -0.1) is 0 Å². The van der Waals surface area contributed by atoms with E-state index in [9.17, 15) is 39.1 Å². The number of hydrogen-bond acceptors (Lipinski definition) is 8. The first-order valence-corrected chi connectivity index (χ1v) is 13.3. The topological polar surface area (TPSA) is 140 Å². The molecule has 5 N–H and O–H groups in total. The van der Waals surface area contributed by atoms with Gasteiger partial charge >= 0.3 is 0 Å². The van der Waals surface area contributed by atoms with Crippen molar-refractivity contribution in [1.82, 2.24) is 0 Å². The molecule has 0 unspecified atom stereocenters. The van der Waals surface area contributed by atoms with E-state index < -0.39 is 67.0 Å². The first-order chi connectivity index (χ1) is 19.7. The Morgan fingerprint density at radius 3 is 2.07 bits per heavy atom. The highest BCUT2D eigenvalue weighted by Gasteiger charge is 2.49. The number of benzene rings is 3. The Morgan fingerprint density at radius 2 is 1.46 bits per heavy atom. The van der Waals surface area contributed by atoms with Gasteiger partial charge in [0.05, 0.1) is 24.7 Å². The van der Waals surface area contributed by atoms with Crippen molar-refractivity contribution in [3.8, 4) is 5.75 Å². The summed E-state index contributed by atoms with van der Waals surface area (Å²) in [6.45, 7) is -0.587. The van der Waals surface area contributed by atoms with E-state index in [0.29, 0.717) is 17.7 Å². The molecule has 3 aromatic carbocycles. The molecule has 0 radical (unpaired) electrons. The molecule has 0 bridgehead atoms. The molecule has 8 atom stereocenters. The number of nitrogens with zero attached hydrogens (tertiary/aromatic N) is 1. The molecule has 5 rings (SSSR count). The Kier molecular flexibility index (Phi) is 8.64. The molecule has 1 amide bonds. The van der Waals surface area contributed by atoms with E-state index in [-0.39, 0.29) is 18.1 Å². The Labute approximate surface area is 234 Å². The SMILES string of the molecule is O=C1[C@H](CC[C@H](O)c2ccc(F)cc2)[C@@H](c2ccc(O[C@@H]3O[C@H](CO)[C@@H](O)[C@@H](O)[C@H]3O)cc2)N1c1ccc(F)cc1. The van der Waals surface area contributed by atoms with Gasteiger partial charge in [0.1, 0.15) is 41.8 Å². The number of aliphatic hydroxyl groups is 5. The summed E-state index contributed by atoms with van der Waals surface area (Å²) in [4.78, 5) is 14.8. The molecule has 9 nitrogen and oxygen atoms in total. The van der Waals surface area contributed by atoms with E-state index in [4.69, 9.17) is 9.47 Å². The van der Waals surface area contributed by atoms with Crippen molar-refractivity contribution in [2.24, 2.45) is 5.92 Å². The van der Waals surface area contributed by atoms with Gasteiger partial charge in [-0.1, -0.05) is 24.3 Å². The van der Waals surface area contributed by atoms with Crippen molar-refractivity contribution >= 4 is 11.6 Å². The lowest BCUT2D eigenvalue weighted by Crippen LogP contribution is -2.60. The number of aliphatic hydroxyl groups excluding tert-OH is 5. The van der Waals surface area contributed by atoms with E-state index in [1.165, 1.54) is 48.5 Å². The number of rotatable bonds is 9. The van der Waals surface area contributed by atoms with Gasteiger partial charge in [-0.05, 0) is 72.5 Å². The molecular weight excluding hydrogens is 540 g/mol. The third-order valence-corrected chi connectivity index (χ3v) is 7.65. The maximum Gasteiger partial charge on any atom is 0.233 e. The zero-order valence-electron chi connectivity index (χ0n) is 21.8. The highest BCUT2D eigenvalue weighted by atomic mass is 19.1. The summed E-state index contributed by atoms with van der Waals surface area (Å²) in [6.07, 6.45) is -7.42. The summed E-state index contributed by atoms with van der Waals surface area (Å²) in [5, 5.41) is 50.3. The molecular formula is C30H31F2NO8. The van der Waals surface area contributed by atoms with Crippen LogP contribution in [0.25, 0.3) is 0 Å². The van der Waals surface area contributed by atoms with Gasteiger partial charge in [0.15, 0.2) is 0 Å². The third-order valence-electron chi connectivity index (χ3n) is 7.65. The average Bonchev–Trinajstić information content (AvgIpc) is 2.98. The smallest absolute Gasteiger partial charge is 0.233 e. The molecule has 0 aromatic heterocycles. The van der Waals surface area contributed by atoms with E-state index in [1.807, 2.05) is 0 Å². The van der Waals surface area contributed by atoms with Crippen LogP contribution in [0.4, 0.5) is 14.5 Å². The lowest BCUT2D eigenvalue weighted by atomic mass is 9.78. The van der Waals surface area contributed by atoms with Crippen molar-refractivity contribution in [3.05, 3.63) is 95.6 Å². The molecule has 0 spiro atoms. The second-order valence-electron chi connectivity index (χ2n) is 10.3. The van der Waals surface area contributed by atoms with Crippen LogP contribution in [0.5, 0.6) is 5.75 Å². The number of carbonyl (C=O) groups excluding carboxylic acids is 1. The van der Waals surface area contributed by atoms with Crippen LogP contribution in [0.3, 0.4) is 0 Å². The molecule has 0 aliphatic carbocycles. The standard InChI is InChI=1S/C30H31F2NO8/c31-18-5-1-16(2-6-18)23(35)14-13-22-25(33(29(22)39)20-9-7-19(32)8-10-20)17-3-11-21(12-4-17)40-30-28(38)27(37)26(36)24(15-34)41-30/h1-12,22-28,30,34-38H,13-15H2/t22-,23+,24-,25-,26-,27-,28-,30-/m1/s1. The quantitative estimate of drug-likeness (QED) is 0.247. The second kappa shape index (κ2) is 12.2. The molecule has 3 aromatic rings. The Morgan fingerprint density at radius 1 is 0.854 bits per heavy atom. The van der Waals surface area contributed by atoms with Crippen LogP contribution in [-0.2, 0) is 9.53 Å². The number of hydrogen-bond donors (Lipinski definition) is 5. The lowest BCUT2D eigenvalue weighted by molar-refractivity contribution is -0.277. The lowest BCUT2D eigenvalue weighted by Gasteiger charge is -2.48. The monoisotopic (exact) mass is 571 g/mol. The highest BCUT2D eigenvalue weighted by molar-refractivity contribution is 6.03. The minimum Gasteiger partial charge on any atom is -0.462 e. The highest BCUT2D eigenvalue weighted by Crippen LogP contribution is 2.46. The summed E-state index contributed by atoms with van der Waals surface area (Å²) in [7, 11) is 0. The van der Waals surface area contributed by atoms with E-state index >= 15 is 0 Å². The second-order valence-corrected chi connectivity index (χ2v) is 10.3. The van der Waals surface area contributed by atoms with Crippen molar-refractivity contribution < 1.29 is 48.6 Å². The molecule has 2 aliphatic rings. The van der Waals surface area contributed by atoms with Gasteiger partial charge in [0.25, 0.3) is 0 Å². The third kappa shape index (κ3) is 5.96. The van der Waals surface area contributed by atoms with E-state index in [1.54, 1.807) is 29.2 Å². The van der Waals surface area contributed by atoms with Crippen LogP contribution in [0, 0.1) is 17.6 Å². The van der Waals surface area contributed by atoms with Crippen LogP contribution in [-0.4, -0.2) is 68.8 Å². The van der Waals surface area contributed by atoms with Gasteiger partial charge in [0.2, 0.25) is 12.2 Å². The maximum absolute atomic E-state index is 13.6. The molecule has 0 saturated carbocycles. The maximum atomic E-state index is 13.6. The van der Waals surface area contributed by atoms with Gasteiger partial charge in [-0.3, -0.25) is 4.79 Å². The predicted octanol–water partition coefficient (Wildman–Crippen LogP) is 2.36. The minimum atomic E-state index is -1.58. The zero-order chi connectivity index (χ0) is 29.3. The Hall–Kier alpha value is -3.45. The molecule has 2 heterocycles. The number of anilines is 1. The van der Waals surface area contributed by atoms with Gasteiger partial charge in [-0.25, -0.2) is 8.78 Å². The fourth-order valence-corrected chi connectivity index (χ4v) is 5.33. The van der Waals surface area contributed by atoms with Crippen LogP contribution < -0.4 is 9.64 Å². The van der Waals surface area contributed by atoms with Gasteiger partial charge in [0, 0.05) is 5.69 Å². The van der Waals surface area contributed by atoms with Crippen LogP contribution in [0.15, 0.2) is 72.8 Å². The molecule has 11 heteroatoms. The largest absolute Gasteiger partial charge is 0.462 e.